The van der Waals surface area contributed by atoms with Crippen molar-refractivity contribution in [1.82, 2.24) is 5.32 Å². The summed E-state index contributed by atoms with van der Waals surface area (Å²) in [7, 11) is -3.73. The van der Waals surface area contributed by atoms with Gasteiger partial charge in [0.15, 0.2) is 0 Å². The van der Waals surface area contributed by atoms with Gasteiger partial charge in [-0.2, -0.15) is 0 Å². The van der Waals surface area contributed by atoms with Gasteiger partial charge in [-0.25, -0.2) is 13.6 Å². The molecule has 0 spiro atoms. The molecule has 1 aromatic carbocycles. The van der Waals surface area contributed by atoms with E-state index in [2.05, 4.69) is 5.32 Å². The summed E-state index contributed by atoms with van der Waals surface area (Å²) < 4.78 is 22.1. The number of nitrogens with two attached hydrogens (primary N) is 1. The van der Waals surface area contributed by atoms with Gasteiger partial charge in [0, 0.05) is 6.54 Å². The van der Waals surface area contributed by atoms with Gasteiger partial charge < -0.3 is 10.4 Å². The number of benzene rings is 1. The minimum atomic E-state index is -3.73. The van der Waals surface area contributed by atoms with Gasteiger partial charge in [-0.3, -0.25) is 9.59 Å². The van der Waals surface area contributed by atoms with E-state index >= 15 is 0 Å². The normalized spacial score (nSPS) is 12.9. The molecule has 110 valence electrons. The Labute approximate surface area is 116 Å². The summed E-state index contributed by atoms with van der Waals surface area (Å²) in [5, 5.41) is 16.5. The van der Waals surface area contributed by atoms with E-state index in [1.807, 2.05) is 0 Å². The number of ketones is 1. The first kappa shape index (κ1) is 16.3. The average molecular weight is 300 g/mol. The number of hydrogen-bond acceptors (Lipinski definition) is 5. The molecular formula is C12H16N2O5S. The molecule has 0 aliphatic heterocycles. The fourth-order valence-corrected chi connectivity index (χ4v) is 2.09. The largest absolute Gasteiger partial charge is 0.481 e. The monoisotopic (exact) mass is 300 g/mol. The smallest absolute Gasteiger partial charge is 0.305 e. The maximum atomic E-state index is 11.3. The van der Waals surface area contributed by atoms with Crippen molar-refractivity contribution in [2.24, 2.45) is 5.14 Å². The molecule has 0 heterocycles. The lowest BCUT2D eigenvalue weighted by molar-refractivity contribution is -0.139. The Morgan fingerprint density at radius 3 is 2.25 bits per heavy atom. The molecule has 8 heteroatoms. The van der Waals surface area contributed by atoms with E-state index in [4.69, 9.17) is 10.2 Å². The lowest BCUT2D eigenvalue weighted by atomic mass is 10.1. The Kier molecular flexibility index (Phi) is 5.37. The van der Waals surface area contributed by atoms with Crippen LogP contribution in [0.3, 0.4) is 0 Å². The van der Waals surface area contributed by atoms with Crippen molar-refractivity contribution in [2.45, 2.75) is 30.8 Å². The molecule has 7 nitrogen and oxygen atoms in total. The SMILES string of the molecule is CC(=O)C(CC(=O)O)NCc1ccc(S(N)(=O)=O)cc1. The number of carboxylic acid groups (broad SMARTS) is 1. The van der Waals surface area contributed by atoms with Gasteiger partial charge in [-0.1, -0.05) is 12.1 Å². The highest BCUT2D eigenvalue weighted by atomic mass is 32.2. The highest BCUT2D eigenvalue weighted by molar-refractivity contribution is 7.89. The molecule has 1 atom stereocenters. The quantitative estimate of drug-likeness (QED) is 0.643. The van der Waals surface area contributed by atoms with E-state index in [9.17, 15) is 18.0 Å². The van der Waals surface area contributed by atoms with Crippen LogP contribution in [-0.4, -0.2) is 31.3 Å². The van der Waals surface area contributed by atoms with Crippen molar-refractivity contribution in [3.8, 4) is 0 Å². The highest BCUT2D eigenvalue weighted by Crippen LogP contribution is 2.09. The van der Waals surface area contributed by atoms with Crippen LogP contribution in [0, 0.1) is 0 Å². The first-order valence-corrected chi connectivity index (χ1v) is 7.32. The number of carboxylic acids is 1. The molecule has 0 aliphatic rings. The number of sulfonamides is 1. The van der Waals surface area contributed by atoms with Gasteiger partial charge in [0.1, 0.15) is 5.78 Å². The van der Waals surface area contributed by atoms with Gasteiger partial charge >= 0.3 is 5.97 Å². The molecule has 1 unspecified atom stereocenters. The van der Waals surface area contributed by atoms with E-state index in [1.54, 1.807) is 12.1 Å². The van der Waals surface area contributed by atoms with Crippen LogP contribution in [0.5, 0.6) is 0 Å². The number of carbonyl (C=O) groups excluding carboxylic acids is 1. The van der Waals surface area contributed by atoms with Crippen molar-refractivity contribution >= 4 is 21.8 Å². The molecule has 0 radical (unpaired) electrons. The summed E-state index contributed by atoms with van der Waals surface area (Å²) in [6, 6.07) is 5.03. The predicted molar refractivity (Wildman–Crippen MR) is 71.4 cm³/mol. The van der Waals surface area contributed by atoms with Gasteiger partial charge in [0.2, 0.25) is 10.0 Å². The molecular weight excluding hydrogens is 284 g/mol. The van der Waals surface area contributed by atoms with E-state index in [1.165, 1.54) is 19.1 Å². The Morgan fingerprint density at radius 1 is 1.30 bits per heavy atom. The third-order valence-corrected chi connectivity index (χ3v) is 3.60. The minimum absolute atomic E-state index is 0.00472. The van der Waals surface area contributed by atoms with E-state index in [0.29, 0.717) is 5.56 Å². The summed E-state index contributed by atoms with van der Waals surface area (Å²) in [6.45, 7) is 1.56. The van der Waals surface area contributed by atoms with Crippen LogP contribution < -0.4 is 10.5 Å². The number of carbonyl (C=O) groups is 2. The Hall–Kier alpha value is -1.77. The van der Waals surface area contributed by atoms with Crippen LogP contribution in [0.4, 0.5) is 0 Å². The number of primary sulfonamides is 1. The Balaban J connectivity index is 2.69. The fraction of sp³-hybridized carbons (Fsp3) is 0.333. The zero-order valence-electron chi connectivity index (χ0n) is 10.9. The van der Waals surface area contributed by atoms with Crippen molar-refractivity contribution in [3.63, 3.8) is 0 Å². The van der Waals surface area contributed by atoms with Crippen LogP contribution in [0.1, 0.15) is 18.9 Å². The molecule has 0 aromatic heterocycles. The van der Waals surface area contributed by atoms with Crippen molar-refractivity contribution in [2.75, 3.05) is 0 Å². The zero-order chi connectivity index (χ0) is 15.3. The van der Waals surface area contributed by atoms with Crippen molar-refractivity contribution in [1.29, 1.82) is 0 Å². The first-order valence-electron chi connectivity index (χ1n) is 5.77. The van der Waals surface area contributed by atoms with Gasteiger partial charge in [-0.05, 0) is 24.6 Å². The number of Topliss-reactive ketones (excluding diaryl/α,β-unsaturated/α-hetero) is 1. The third kappa shape index (κ3) is 5.08. The topological polar surface area (TPSA) is 127 Å². The highest BCUT2D eigenvalue weighted by Gasteiger charge is 2.17. The molecule has 0 bridgehead atoms. The maximum absolute atomic E-state index is 11.3. The van der Waals surface area contributed by atoms with E-state index in [0.717, 1.165) is 0 Å². The predicted octanol–water partition coefficient (Wildman–Crippen LogP) is -0.144. The molecule has 0 saturated carbocycles. The van der Waals surface area contributed by atoms with Crippen molar-refractivity contribution < 1.29 is 23.1 Å². The average Bonchev–Trinajstić information content (AvgIpc) is 2.33. The second-order valence-electron chi connectivity index (χ2n) is 4.33. The van der Waals surface area contributed by atoms with Gasteiger partial charge in [-0.15, -0.1) is 0 Å². The molecule has 4 N–H and O–H groups in total. The van der Waals surface area contributed by atoms with E-state index < -0.39 is 22.0 Å². The summed E-state index contributed by atoms with van der Waals surface area (Å²) >= 11 is 0. The van der Waals surface area contributed by atoms with Crippen LogP contribution in [0.2, 0.25) is 0 Å². The zero-order valence-corrected chi connectivity index (χ0v) is 11.7. The molecule has 0 fully saturated rings. The Bertz CT molecular complexity index is 595. The van der Waals surface area contributed by atoms with Crippen LogP contribution in [-0.2, 0) is 26.2 Å². The molecule has 0 saturated heterocycles. The maximum Gasteiger partial charge on any atom is 0.305 e. The summed E-state index contributed by atoms with van der Waals surface area (Å²) in [6.07, 6.45) is -0.301. The number of hydrogen-bond donors (Lipinski definition) is 3. The molecule has 0 amide bonds. The molecule has 1 rings (SSSR count). The summed E-state index contributed by atoms with van der Waals surface area (Å²) in [5.74, 6) is -1.34. The number of rotatable bonds is 7. The lowest BCUT2D eigenvalue weighted by Crippen LogP contribution is -2.36. The Morgan fingerprint density at radius 2 is 1.85 bits per heavy atom. The van der Waals surface area contributed by atoms with Crippen LogP contribution in [0.15, 0.2) is 29.2 Å². The summed E-state index contributed by atoms with van der Waals surface area (Å²) in [5.41, 5.74) is 0.717. The second kappa shape index (κ2) is 6.60. The standard InChI is InChI=1S/C12H16N2O5S/c1-8(15)11(6-12(16)17)14-7-9-2-4-10(5-3-9)20(13,18)19/h2-5,11,14H,6-7H2,1H3,(H,16,17)(H2,13,18,19). The molecule has 20 heavy (non-hydrogen) atoms. The van der Waals surface area contributed by atoms with Crippen LogP contribution in [0.25, 0.3) is 0 Å². The second-order valence-corrected chi connectivity index (χ2v) is 5.89. The minimum Gasteiger partial charge on any atom is -0.481 e. The fourth-order valence-electron chi connectivity index (χ4n) is 1.57. The summed E-state index contributed by atoms with van der Waals surface area (Å²) in [4.78, 5) is 21.9. The van der Waals surface area contributed by atoms with E-state index in [-0.39, 0.29) is 23.6 Å². The first-order chi connectivity index (χ1) is 9.20. The molecule has 1 aromatic rings. The van der Waals surface area contributed by atoms with Crippen molar-refractivity contribution in [3.05, 3.63) is 29.8 Å². The number of aliphatic carboxylic acids is 1. The third-order valence-electron chi connectivity index (χ3n) is 2.67. The van der Waals surface area contributed by atoms with Gasteiger partial charge in [0.25, 0.3) is 0 Å². The molecule has 0 aliphatic carbocycles. The van der Waals surface area contributed by atoms with Crippen LogP contribution >= 0.6 is 0 Å². The van der Waals surface area contributed by atoms with Gasteiger partial charge in [0.05, 0.1) is 17.4 Å². The lowest BCUT2D eigenvalue weighted by Gasteiger charge is -2.13. The number of nitrogens with one attached hydrogen (secondary N) is 1.